The Morgan fingerprint density at radius 1 is 1.47 bits per heavy atom. The topological polar surface area (TPSA) is 54.7 Å². The van der Waals surface area contributed by atoms with Gasteiger partial charge in [-0.05, 0) is 47.5 Å². The van der Waals surface area contributed by atoms with Crippen molar-refractivity contribution in [3.63, 3.8) is 0 Å². The summed E-state index contributed by atoms with van der Waals surface area (Å²) in [6.07, 6.45) is 3.58. The van der Waals surface area contributed by atoms with Crippen LogP contribution in [0.2, 0.25) is 0 Å². The summed E-state index contributed by atoms with van der Waals surface area (Å²) in [5.41, 5.74) is 7.47. The van der Waals surface area contributed by atoms with Crippen LogP contribution in [-0.2, 0) is 5.54 Å². The first-order chi connectivity index (χ1) is 8.94. The number of nitrogens with two attached hydrogens (primary N) is 1. The Morgan fingerprint density at radius 2 is 2.21 bits per heavy atom. The number of imidazole rings is 1. The van der Waals surface area contributed by atoms with E-state index >= 15 is 0 Å². The zero-order valence-electron chi connectivity index (χ0n) is 11.0. The summed E-state index contributed by atoms with van der Waals surface area (Å²) in [7, 11) is 0. The molecule has 102 valence electrons. The van der Waals surface area contributed by atoms with E-state index in [-0.39, 0.29) is 5.82 Å². The number of nitrogens with one attached hydrogen (secondary N) is 1. The Morgan fingerprint density at radius 3 is 2.84 bits per heavy atom. The van der Waals surface area contributed by atoms with Gasteiger partial charge >= 0.3 is 0 Å². The van der Waals surface area contributed by atoms with Crippen LogP contribution in [0.15, 0.2) is 28.9 Å². The van der Waals surface area contributed by atoms with Gasteiger partial charge in [-0.3, -0.25) is 0 Å². The Balaban J connectivity index is 2.33. The molecular formula is C14H17BrFN3. The van der Waals surface area contributed by atoms with Crippen LogP contribution < -0.4 is 5.73 Å². The fraction of sp³-hybridized carbons (Fsp3) is 0.357. The van der Waals surface area contributed by atoms with Crippen molar-refractivity contribution >= 4 is 15.9 Å². The molecule has 5 heteroatoms. The molecule has 0 aliphatic heterocycles. The van der Waals surface area contributed by atoms with Crippen molar-refractivity contribution in [1.82, 2.24) is 9.97 Å². The number of benzene rings is 1. The summed E-state index contributed by atoms with van der Waals surface area (Å²) < 4.78 is 13.7. The minimum atomic E-state index is -0.468. The van der Waals surface area contributed by atoms with Gasteiger partial charge in [-0.25, -0.2) is 9.37 Å². The molecule has 1 aromatic carbocycles. The van der Waals surface area contributed by atoms with Crippen molar-refractivity contribution in [3.8, 4) is 11.3 Å². The lowest BCUT2D eigenvalue weighted by Crippen LogP contribution is -2.34. The second-order valence-electron chi connectivity index (χ2n) is 4.94. The zero-order chi connectivity index (χ0) is 14.0. The van der Waals surface area contributed by atoms with Gasteiger partial charge in [0.2, 0.25) is 0 Å². The van der Waals surface area contributed by atoms with Crippen molar-refractivity contribution in [2.24, 2.45) is 5.73 Å². The maximum Gasteiger partial charge on any atom is 0.137 e. The molecule has 1 heterocycles. The fourth-order valence-electron chi connectivity index (χ4n) is 2.06. The van der Waals surface area contributed by atoms with Gasteiger partial charge in [0.1, 0.15) is 11.6 Å². The molecule has 0 saturated carbocycles. The molecule has 0 radical (unpaired) electrons. The maximum atomic E-state index is 13.2. The van der Waals surface area contributed by atoms with Crippen LogP contribution in [0.1, 0.15) is 32.5 Å². The predicted octanol–water partition coefficient (Wildman–Crippen LogP) is 3.95. The quantitative estimate of drug-likeness (QED) is 0.894. The van der Waals surface area contributed by atoms with Gasteiger partial charge in [0.05, 0.1) is 21.9 Å². The van der Waals surface area contributed by atoms with E-state index in [9.17, 15) is 4.39 Å². The highest BCUT2D eigenvalue weighted by atomic mass is 79.9. The van der Waals surface area contributed by atoms with Crippen molar-refractivity contribution < 1.29 is 4.39 Å². The molecular weight excluding hydrogens is 309 g/mol. The normalized spacial score (nSPS) is 14.4. The zero-order valence-corrected chi connectivity index (χ0v) is 12.6. The van der Waals surface area contributed by atoms with Crippen LogP contribution in [0.4, 0.5) is 4.39 Å². The Kier molecular flexibility index (Phi) is 4.06. The number of halogens is 2. The number of aromatic amines is 1. The van der Waals surface area contributed by atoms with Gasteiger partial charge in [-0.2, -0.15) is 0 Å². The first kappa shape index (κ1) is 14.2. The molecule has 2 aromatic rings. The third-order valence-corrected chi connectivity index (χ3v) is 3.72. The number of rotatable bonds is 4. The maximum absolute atomic E-state index is 13.2. The van der Waals surface area contributed by atoms with Gasteiger partial charge in [0.25, 0.3) is 0 Å². The molecule has 1 atom stereocenters. The molecule has 19 heavy (non-hydrogen) atoms. The summed E-state index contributed by atoms with van der Waals surface area (Å²) >= 11 is 3.18. The van der Waals surface area contributed by atoms with Gasteiger partial charge in [0.15, 0.2) is 0 Å². The van der Waals surface area contributed by atoms with E-state index in [1.165, 1.54) is 6.07 Å². The van der Waals surface area contributed by atoms with Crippen LogP contribution in [-0.4, -0.2) is 9.97 Å². The Bertz CT molecular complexity index is 578. The van der Waals surface area contributed by atoms with E-state index in [0.717, 1.165) is 29.9 Å². The average molecular weight is 326 g/mol. The van der Waals surface area contributed by atoms with Crippen LogP contribution in [0, 0.1) is 5.82 Å². The molecule has 0 bridgehead atoms. The van der Waals surface area contributed by atoms with Crippen LogP contribution in [0.25, 0.3) is 11.3 Å². The number of hydrogen-bond acceptors (Lipinski definition) is 2. The van der Waals surface area contributed by atoms with E-state index in [4.69, 9.17) is 5.73 Å². The Labute approximate surface area is 120 Å². The molecule has 1 aromatic heterocycles. The molecule has 0 aliphatic carbocycles. The molecule has 0 aliphatic rings. The number of aromatic nitrogens is 2. The van der Waals surface area contributed by atoms with E-state index < -0.39 is 5.54 Å². The van der Waals surface area contributed by atoms with E-state index in [1.807, 2.05) is 6.92 Å². The van der Waals surface area contributed by atoms with Crippen molar-refractivity contribution in [1.29, 1.82) is 0 Å². The molecule has 0 amide bonds. The lowest BCUT2D eigenvalue weighted by Gasteiger charge is -2.21. The van der Waals surface area contributed by atoms with Gasteiger partial charge < -0.3 is 10.7 Å². The monoisotopic (exact) mass is 325 g/mol. The molecule has 3 N–H and O–H groups in total. The predicted molar refractivity (Wildman–Crippen MR) is 78.1 cm³/mol. The van der Waals surface area contributed by atoms with E-state index in [0.29, 0.717) is 4.47 Å². The van der Waals surface area contributed by atoms with E-state index in [1.54, 1.807) is 18.3 Å². The Hall–Kier alpha value is -1.20. The minimum Gasteiger partial charge on any atom is -0.340 e. The summed E-state index contributed by atoms with van der Waals surface area (Å²) in [5.74, 6) is 0.475. The first-order valence-corrected chi connectivity index (χ1v) is 7.03. The number of hydrogen-bond donors (Lipinski definition) is 2. The highest BCUT2D eigenvalue weighted by Gasteiger charge is 2.23. The smallest absolute Gasteiger partial charge is 0.137 e. The molecule has 0 fully saturated rings. The number of H-pyrrole nitrogens is 1. The minimum absolute atomic E-state index is 0.280. The SMILES string of the molecule is CCCC(C)(N)c1ncc(-c2ccc(F)c(Br)c2)[nH]1. The van der Waals surface area contributed by atoms with E-state index in [2.05, 4.69) is 32.8 Å². The third kappa shape index (κ3) is 3.04. The fourth-order valence-corrected chi connectivity index (χ4v) is 2.44. The third-order valence-electron chi connectivity index (χ3n) is 3.12. The first-order valence-electron chi connectivity index (χ1n) is 6.24. The van der Waals surface area contributed by atoms with Crippen LogP contribution >= 0.6 is 15.9 Å². The second kappa shape index (κ2) is 5.43. The molecule has 0 saturated heterocycles. The van der Waals surface area contributed by atoms with Gasteiger partial charge in [-0.15, -0.1) is 0 Å². The van der Waals surface area contributed by atoms with Crippen molar-refractivity contribution in [2.75, 3.05) is 0 Å². The molecule has 2 rings (SSSR count). The standard InChI is InChI=1S/C14H17BrFN3/c1-3-6-14(2,17)13-18-8-12(19-13)9-4-5-11(16)10(15)7-9/h4-5,7-8H,3,6,17H2,1-2H3,(H,18,19). The molecule has 3 nitrogen and oxygen atoms in total. The summed E-state index contributed by atoms with van der Waals surface area (Å²) in [6.45, 7) is 4.05. The largest absolute Gasteiger partial charge is 0.340 e. The average Bonchev–Trinajstić information content (AvgIpc) is 2.83. The van der Waals surface area contributed by atoms with Crippen LogP contribution in [0.5, 0.6) is 0 Å². The summed E-state index contributed by atoms with van der Waals surface area (Å²) in [4.78, 5) is 7.57. The van der Waals surface area contributed by atoms with Gasteiger partial charge in [0, 0.05) is 5.56 Å². The lowest BCUT2D eigenvalue weighted by molar-refractivity contribution is 0.423. The molecule has 1 unspecified atom stereocenters. The summed E-state index contributed by atoms with van der Waals surface area (Å²) in [5, 5.41) is 0. The lowest BCUT2D eigenvalue weighted by atomic mass is 9.97. The highest BCUT2D eigenvalue weighted by molar-refractivity contribution is 9.10. The van der Waals surface area contributed by atoms with Gasteiger partial charge in [-0.1, -0.05) is 13.3 Å². The summed E-state index contributed by atoms with van der Waals surface area (Å²) in [6, 6.07) is 4.86. The van der Waals surface area contributed by atoms with Crippen molar-refractivity contribution in [3.05, 3.63) is 40.5 Å². The number of nitrogens with zero attached hydrogens (tertiary/aromatic N) is 1. The highest BCUT2D eigenvalue weighted by Crippen LogP contribution is 2.27. The second-order valence-corrected chi connectivity index (χ2v) is 5.80. The molecule has 0 spiro atoms. The van der Waals surface area contributed by atoms with Crippen LogP contribution in [0.3, 0.4) is 0 Å². The van der Waals surface area contributed by atoms with Crippen molar-refractivity contribution in [2.45, 2.75) is 32.2 Å².